The summed E-state index contributed by atoms with van der Waals surface area (Å²) in [5.74, 6) is 1.74. The van der Waals surface area contributed by atoms with Gasteiger partial charge in [0.25, 0.3) is 0 Å². The van der Waals surface area contributed by atoms with Gasteiger partial charge in [-0.3, -0.25) is 0 Å². The highest BCUT2D eigenvalue weighted by Crippen LogP contribution is 2.25. The zero-order chi connectivity index (χ0) is 14.6. The van der Waals surface area contributed by atoms with Gasteiger partial charge in [-0.2, -0.15) is 4.98 Å². The van der Waals surface area contributed by atoms with Crippen LogP contribution in [-0.2, 0) is 10.2 Å². The molecule has 0 aromatic carbocycles. The van der Waals surface area contributed by atoms with E-state index in [1.807, 2.05) is 0 Å². The van der Waals surface area contributed by atoms with Crippen LogP contribution in [0.1, 0.15) is 39.8 Å². The zero-order valence-electron chi connectivity index (χ0n) is 13.1. The number of aromatic nitrogens is 2. The lowest BCUT2D eigenvalue weighted by molar-refractivity contribution is 0.122. The molecule has 1 saturated heterocycles. The van der Waals surface area contributed by atoms with Crippen LogP contribution in [0, 0.1) is 0 Å². The second kappa shape index (κ2) is 6.39. The highest BCUT2D eigenvalue weighted by Gasteiger charge is 2.21. The SMILES string of the molecule is CCCNc1cc(C(C)(C)C)nc(N2CCOCC2)n1. The first-order valence-electron chi connectivity index (χ1n) is 7.47. The molecule has 112 valence electrons. The van der Waals surface area contributed by atoms with Gasteiger partial charge in [0.1, 0.15) is 5.82 Å². The Bertz CT molecular complexity index is 436. The third-order valence-corrected chi connectivity index (χ3v) is 3.33. The number of rotatable bonds is 4. The summed E-state index contributed by atoms with van der Waals surface area (Å²) in [6.45, 7) is 12.9. The lowest BCUT2D eigenvalue weighted by atomic mass is 9.92. The van der Waals surface area contributed by atoms with Crippen molar-refractivity contribution in [3.63, 3.8) is 0 Å². The number of morpholine rings is 1. The van der Waals surface area contributed by atoms with Gasteiger partial charge in [0.2, 0.25) is 5.95 Å². The molecule has 0 radical (unpaired) electrons. The maximum Gasteiger partial charge on any atom is 0.227 e. The van der Waals surface area contributed by atoms with E-state index in [4.69, 9.17) is 9.72 Å². The Labute approximate surface area is 121 Å². The summed E-state index contributed by atoms with van der Waals surface area (Å²) >= 11 is 0. The lowest BCUT2D eigenvalue weighted by Crippen LogP contribution is -2.38. The van der Waals surface area contributed by atoms with Crippen LogP contribution < -0.4 is 10.2 Å². The summed E-state index contributed by atoms with van der Waals surface area (Å²) in [6, 6.07) is 2.07. The third-order valence-electron chi connectivity index (χ3n) is 3.33. The van der Waals surface area contributed by atoms with Crippen molar-refractivity contribution in [2.24, 2.45) is 0 Å². The Kier molecular flexibility index (Phi) is 4.81. The molecule has 0 saturated carbocycles. The molecule has 0 atom stereocenters. The molecule has 20 heavy (non-hydrogen) atoms. The molecule has 2 rings (SSSR count). The van der Waals surface area contributed by atoms with Gasteiger partial charge in [-0.1, -0.05) is 27.7 Å². The molecule has 5 heteroatoms. The molecule has 0 unspecified atom stereocenters. The van der Waals surface area contributed by atoms with Gasteiger partial charge in [0.15, 0.2) is 0 Å². The molecule has 1 aliphatic heterocycles. The Balaban J connectivity index is 2.29. The van der Waals surface area contributed by atoms with Crippen LogP contribution >= 0.6 is 0 Å². The molecule has 1 aromatic rings. The van der Waals surface area contributed by atoms with Crippen molar-refractivity contribution in [2.75, 3.05) is 43.1 Å². The molecule has 1 aliphatic rings. The molecule has 0 spiro atoms. The van der Waals surface area contributed by atoms with Crippen molar-refractivity contribution < 1.29 is 4.74 Å². The summed E-state index contributed by atoms with van der Waals surface area (Å²) in [6.07, 6.45) is 1.09. The summed E-state index contributed by atoms with van der Waals surface area (Å²) in [5, 5.41) is 3.38. The minimum atomic E-state index is 0.0205. The topological polar surface area (TPSA) is 50.3 Å². The van der Waals surface area contributed by atoms with Crippen LogP contribution in [0.2, 0.25) is 0 Å². The van der Waals surface area contributed by atoms with Gasteiger partial charge in [-0.25, -0.2) is 4.98 Å². The summed E-state index contributed by atoms with van der Waals surface area (Å²) < 4.78 is 5.40. The number of anilines is 2. The second-order valence-electron chi connectivity index (χ2n) is 6.21. The maximum absolute atomic E-state index is 5.40. The standard InChI is InChI=1S/C15H26N4O/c1-5-6-16-13-11-12(15(2,3)4)17-14(18-13)19-7-9-20-10-8-19/h11H,5-10H2,1-4H3,(H,16,17,18). The van der Waals surface area contributed by atoms with Gasteiger partial charge < -0.3 is 15.0 Å². The minimum Gasteiger partial charge on any atom is -0.378 e. The van der Waals surface area contributed by atoms with E-state index >= 15 is 0 Å². The van der Waals surface area contributed by atoms with Crippen LogP contribution in [0.25, 0.3) is 0 Å². The molecule has 0 amide bonds. The Morgan fingerprint density at radius 1 is 1.25 bits per heavy atom. The van der Waals surface area contributed by atoms with Gasteiger partial charge >= 0.3 is 0 Å². The predicted molar refractivity (Wildman–Crippen MR) is 82.5 cm³/mol. The molecular formula is C15H26N4O. The van der Waals surface area contributed by atoms with E-state index in [2.05, 4.69) is 49.0 Å². The van der Waals surface area contributed by atoms with Crippen LogP contribution in [-0.4, -0.2) is 42.8 Å². The molecule has 1 fully saturated rings. The van der Waals surface area contributed by atoms with Crippen molar-refractivity contribution >= 4 is 11.8 Å². The average Bonchev–Trinajstić information content (AvgIpc) is 2.45. The predicted octanol–water partition coefficient (Wildman–Crippen LogP) is 2.43. The number of nitrogens with one attached hydrogen (secondary N) is 1. The van der Waals surface area contributed by atoms with Gasteiger partial charge in [0.05, 0.1) is 18.9 Å². The fraction of sp³-hybridized carbons (Fsp3) is 0.733. The van der Waals surface area contributed by atoms with Gasteiger partial charge in [-0.05, 0) is 6.42 Å². The average molecular weight is 278 g/mol. The number of hydrogen-bond donors (Lipinski definition) is 1. The van der Waals surface area contributed by atoms with E-state index in [9.17, 15) is 0 Å². The Morgan fingerprint density at radius 2 is 1.95 bits per heavy atom. The first kappa shape index (κ1) is 15.0. The zero-order valence-corrected chi connectivity index (χ0v) is 13.1. The van der Waals surface area contributed by atoms with Crippen LogP contribution in [0.5, 0.6) is 0 Å². The van der Waals surface area contributed by atoms with E-state index in [1.165, 1.54) is 0 Å². The van der Waals surface area contributed by atoms with E-state index in [0.29, 0.717) is 0 Å². The van der Waals surface area contributed by atoms with Crippen LogP contribution in [0.15, 0.2) is 6.07 Å². The van der Waals surface area contributed by atoms with Crippen molar-refractivity contribution in [3.8, 4) is 0 Å². The van der Waals surface area contributed by atoms with E-state index < -0.39 is 0 Å². The van der Waals surface area contributed by atoms with E-state index in [1.54, 1.807) is 0 Å². The summed E-state index contributed by atoms with van der Waals surface area (Å²) in [5.41, 5.74) is 1.10. The fourth-order valence-electron chi connectivity index (χ4n) is 2.07. The molecule has 1 N–H and O–H groups in total. The number of hydrogen-bond acceptors (Lipinski definition) is 5. The van der Waals surface area contributed by atoms with Crippen LogP contribution in [0.4, 0.5) is 11.8 Å². The monoisotopic (exact) mass is 278 g/mol. The molecule has 5 nitrogen and oxygen atoms in total. The summed E-state index contributed by atoms with van der Waals surface area (Å²) in [4.78, 5) is 11.6. The highest BCUT2D eigenvalue weighted by atomic mass is 16.5. The molecule has 0 aliphatic carbocycles. The van der Waals surface area contributed by atoms with Gasteiger partial charge in [0, 0.05) is 31.1 Å². The normalized spacial score (nSPS) is 16.3. The fourth-order valence-corrected chi connectivity index (χ4v) is 2.07. The van der Waals surface area contributed by atoms with Crippen molar-refractivity contribution in [1.82, 2.24) is 9.97 Å². The largest absolute Gasteiger partial charge is 0.378 e. The van der Waals surface area contributed by atoms with Gasteiger partial charge in [-0.15, -0.1) is 0 Å². The van der Waals surface area contributed by atoms with Crippen LogP contribution in [0.3, 0.4) is 0 Å². The Morgan fingerprint density at radius 3 is 2.55 bits per heavy atom. The van der Waals surface area contributed by atoms with Crippen molar-refractivity contribution in [2.45, 2.75) is 39.5 Å². The lowest BCUT2D eigenvalue weighted by Gasteiger charge is -2.28. The quantitative estimate of drug-likeness (QED) is 0.916. The highest BCUT2D eigenvalue weighted by molar-refractivity contribution is 5.45. The number of ether oxygens (including phenoxy) is 1. The molecular weight excluding hydrogens is 252 g/mol. The first-order chi connectivity index (χ1) is 9.50. The van der Waals surface area contributed by atoms with Crippen molar-refractivity contribution in [3.05, 3.63) is 11.8 Å². The second-order valence-corrected chi connectivity index (χ2v) is 6.21. The molecule has 1 aromatic heterocycles. The molecule has 2 heterocycles. The van der Waals surface area contributed by atoms with E-state index in [-0.39, 0.29) is 5.41 Å². The van der Waals surface area contributed by atoms with E-state index in [0.717, 1.165) is 56.7 Å². The molecule has 0 bridgehead atoms. The third kappa shape index (κ3) is 3.82. The number of nitrogens with zero attached hydrogens (tertiary/aromatic N) is 3. The summed E-state index contributed by atoms with van der Waals surface area (Å²) in [7, 11) is 0. The maximum atomic E-state index is 5.40. The smallest absolute Gasteiger partial charge is 0.227 e. The first-order valence-corrected chi connectivity index (χ1v) is 7.47. The minimum absolute atomic E-state index is 0.0205. The Hall–Kier alpha value is -1.36. The van der Waals surface area contributed by atoms with Crippen molar-refractivity contribution in [1.29, 1.82) is 0 Å².